The second-order valence-corrected chi connectivity index (χ2v) is 4.85. The molecule has 0 saturated carbocycles. The van der Waals surface area contributed by atoms with Crippen molar-refractivity contribution in [2.45, 2.75) is 0 Å². The average molecular weight is 293 g/mol. The van der Waals surface area contributed by atoms with Gasteiger partial charge in [0, 0.05) is 11.6 Å². The molecule has 0 bridgehead atoms. The number of halogens is 1. The Hall–Kier alpha value is -3.01. The normalized spacial score (nSPS) is 11.1. The maximum atomic E-state index is 13.5. The van der Waals surface area contributed by atoms with Gasteiger partial charge in [0.1, 0.15) is 0 Å². The van der Waals surface area contributed by atoms with E-state index in [0.29, 0.717) is 11.8 Å². The van der Waals surface area contributed by atoms with Crippen molar-refractivity contribution in [1.29, 1.82) is 0 Å². The highest BCUT2D eigenvalue weighted by atomic mass is 19.1. The number of pyridine rings is 1. The van der Waals surface area contributed by atoms with Crippen LogP contribution in [0.15, 0.2) is 48.7 Å². The maximum absolute atomic E-state index is 13.5. The molecule has 1 heterocycles. The van der Waals surface area contributed by atoms with E-state index < -0.39 is 11.6 Å². The van der Waals surface area contributed by atoms with Crippen LogP contribution in [0.3, 0.4) is 0 Å². The lowest BCUT2D eigenvalue weighted by Crippen LogP contribution is -1.88. The molecule has 1 N–H and O–H groups in total. The van der Waals surface area contributed by atoms with E-state index in [1.807, 2.05) is 36.4 Å². The molecule has 0 unspecified atom stereocenters. The molecular weight excluding hydrogens is 281 g/mol. The van der Waals surface area contributed by atoms with Gasteiger partial charge in [0.05, 0.1) is 11.1 Å². The van der Waals surface area contributed by atoms with Crippen LogP contribution in [0.1, 0.15) is 21.5 Å². The standard InChI is InChI=1S/C18H12FNO2/c19-16-10-13(9-15(11-21)18(16)22)4-3-12-5-6-17-14(8-12)2-1-7-20-17/h1-11,22H. The molecule has 4 heteroatoms. The lowest BCUT2D eigenvalue weighted by Gasteiger charge is -2.02. The Bertz CT molecular complexity index is 887. The number of rotatable bonds is 3. The minimum atomic E-state index is -0.813. The van der Waals surface area contributed by atoms with Gasteiger partial charge in [-0.05, 0) is 41.5 Å². The molecule has 0 aliphatic rings. The van der Waals surface area contributed by atoms with Crippen LogP contribution < -0.4 is 0 Å². The molecule has 3 aromatic rings. The predicted molar refractivity (Wildman–Crippen MR) is 84.1 cm³/mol. The number of carbonyl (C=O) groups excluding carboxylic acids is 1. The highest BCUT2D eigenvalue weighted by molar-refractivity contribution is 5.84. The number of carbonyl (C=O) groups is 1. The minimum absolute atomic E-state index is 0.0673. The number of hydrogen-bond acceptors (Lipinski definition) is 3. The van der Waals surface area contributed by atoms with Crippen molar-refractivity contribution in [3.05, 3.63) is 71.2 Å². The largest absolute Gasteiger partial charge is 0.504 e. The van der Waals surface area contributed by atoms with Gasteiger partial charge >= 0.3 is 0 Å². The molecular formula is C18H12FNO2. The van der Waals surface area contributed by atoms with Crippen LogP contribution in [0.2, 0.25) is 0 Å². The minimum Gasteiger partial charge on any atom is -0.504 e. The van der Waals surface area contributed by atoms with Crippen LogP contribution in [0.25, 0.3) is 23.1 Å². The van der Waals surface area contributed by atoms with Crippen LogP contribution in [0.5, 0.6) is 5.75 Å². The molecule has 0 atom stereocenters. The van der Waals surface area contributed by atoms with Crippen molar-refractivity contribution >= 4 is 29.3 Å². The first-order valence-electron chi connectivity index (χ1n) is 6.68. The Morgan fingerprint density at radius 1 is 1.05 bits per heavy atom. The first-order chi connectivity index (χ1) is 10.7. The summed E-state index contributed by atoms with van der Waals surface area (Å²) in [7, 11) is 0. The summed E-state index contributed by atoms with van der Waals surface area (Å²) in [6.07, 6.45) is 5.66. The third-order valence-electron chi connectivity index (χ3n) is 3.34. The maximum Gasteiger partial charge on any atom is 0.166 e. The highest BCUT2D eigenvalue weighted by Gasteiger charge is 2.07. The second-order valence-electron chi connectivity index (χ2n) is 4.85. The fourth-order valence-corrected chi connectivity index (χ4v) is 2.22. The SMILES string of the molecule is O=Cc1cc(C=Cc2ccc3ncccc3c2)cc(F)c1O. The van der Waals surface area contributed by atoms with E-state index in [9.17, 15) is 14.3 Å². The van der Waals surface area contributed by atoms with Gasteiger partial charge in [-0.25, -0.2) is 4.39 Å². The molecule has 0 aliphatic heterocycles. The quantitative estimate of drug-likeness (QED) is 0.585. The fourth-order valence-electron chi connectivity index (χ4n) is 2.22. The number of aldehydes is 1. The number of nitrogens with zero attached hydrogens (tertiary/aromatic N) is 1. The lowest BCUT2D eigenvalue weighted by atomic mass is 10.1. The van der Waals surface area contributed by atoms with Gasteiger partial charge in [-0.2, -0.15) is 0 Å². The van der Waals surface area contributed by atoms with E-state index in [4.69, 9.17) is 0 Å². The van der Waals surface area contributed by atoms with Gasteiger partial charge in [0.2, 0.25) is 0 Å². The second kappa shape index (κ2) is 5.77. The summed E-state index contributed by atoms with van der Waals surface area (Å²) in [5.41, 5.74) is 2.27. The Labute approximate surface area is 126 Å². The monoisotopic (exact) mass is 293 g/mol. The molecule has 22 heavy (non-hydrogen) atoms. The zero-order chi connectivity index (χ0) is 15.5. The molecule has 0 radical (unpaired) electrons. The Kier molecular flexibility index (Phi) is 3.66. The molecule has 2 aromatic carbocycles. The predicted octanol–water partition coefficient (Wildman–Crippen LogP) is 4.06. The molecule has 0 amide bonds. The van der Waals surface area contributed by atoms with Gasteiger partial charge in [-0.15, -0.1) is 0 Å². The van der Waals surface area contributed by atoms with Gasteiger partial charge in [0.25, 0.3) is 0 Å². The van der Waals surface area contributed by atoms with Gasteiger partial charge in [0.15, 0.2) is 17.9 Å². The number of aromatic nitrogens is 1. The molecule has 1 aromatic heterocycles. The first-order valence-corrected chi connectivity index (χ1v) is 6.68. The van der Waals surface area contributed by atoms with E-state index in [1.165, 1.54) is 12.1 Å². The summed E-state index contributed by atoms with van der Waals surface area (Å²) in [5.74, 6) is -1.43. The summed E-state index contributed by atoms with van der Waals surface area (Å²) in [4.78, 5) is 15.0. The summed E-state index contributed by atoms with van der Waals surface area (Å²) in [6, 6.07) is 12.2. The number of fused-ring (bicyclic) bond motifs is 1. The van der Waals surface area contributed by atoms with E-state index in [0.717, 1.165) is 16.5 Å². The van der Waals surface area contributed by atoms with E-state index in [1.54, 1.807) is 12.3 Å². The number of aromatic hydroxyl groups is 1. The summed E-state index contributed by atoms with van der Waals surface area (Å²) < 4.78 is 13.5. The van der Waals surface area contributed by atoms with Crippen LogP contribution >= 0.6 is 0 Å². The fraction of sp³-hybridized carbons (Fsp3) is 0. The molecule has 0 spiro atoms. The lowest BCUT2D eigenvalue weighted by molar-refractivity contribution is 0.112. The Morgan fingerprint density at radius 2 is 1.86 bits per heavy atom. The van der Waals surface area contributed by atoms with E-state index in [2.05, 4.69) is 4.98 Å². The molecule has 0 saturated heterocycles. The molecule has 0 fully saturated rings. The first kappa shape index (κ1) is 13.9. The number of benzene rings is 2. The summed E-state index contributed by atoms with van der Waals surface area (Å²) in [5, 5.41) is 10.4. The number of hydrogen-bond donors (Lipinski definition) is 1. The zero-order valence-corrected chi connectivity index (χ0v) is 11.5. The van der Waals surface area contributed by atoms with Gasteiger partial charge in [-0.3, -0.25) is 9.78 Å². The van der Waals surface area contributed by atoms with Crippen molar-refractivity contribution in [3.63, 3.8) is 0 Å². The van der Waals surface area contributed by atoms with Crippen molar-refractivity contribution in [2.75, 3.05) is 0 Å². The third kappa shape index (κ3) is 2.72. The molecule has 108 valence electrons. The molecule has 0 aliphatic carbocycles. The molecule has 3 nitrogen and oxygen atoms in total. The average Bonchev–Trinajstić information content (AvgIpc) is 2.55. The summed E-state index contributed by atoms with van der Waals surface area (Å²) in [6.45, 7) is 0. The summed E-state index contributed by atoms with van der Waals surface area (Å²) >= 11 is 0. The van der Waals surface area contributed by atoms with Gasteiger partial charge in [-0.1, -0.05) is 24.3 Å². The van der Waals surface area contributed by atoms with Crippen LogP contribution in [0.4, 0.5) is 4.39 Å². The van der Waals surface area contributed by atoms with Crippen molar-refractivity contribution in [3.8, 4) is 5.75 Å². The number of phenols is 1. The van der Waals surface area contributed by atoms with E-state index >= 15 is 0 Å². The zero-order valence-electron chi connectivity index (χ0n) is 11.5. The smallest absolute Gasteiger partial charge is 0.166 e. The Balaban J connectivity index is 1.95. The van der Waals surface area contributed by atoms with Gasteiger partial charge < -0.3 is 5.11 Å². The molecule has 3 rings (SSSR count). The van der Waals surface area contributed by atoms with Crippen molar-refractivity contribution in [1.82, 2.24) is 4.98 Å². The van der Waals surface area contributed by atoms with Crippen LogP contribution in [-0.4, -0.2) is 16.4 Å². The number of phenolic OH excluding ortho intramolecular Hbond substituents is 1. The topological polar surface area (TPSA) is 50.2 Å². The van der Waals surface area contributed by atoms with Crippen LogP contribution in [0, 0.1) is 5.82 Å². The Morgan fingerprint density at radius 3 is 2.68 bits per heavy atom. The van der Waals surface area contributed by atoms with E-state index in [-0.39, 0.29) is 5.56 Å². The third-order valence-corrected chi connectivity index (χ3v) is 3.34. The highest BCUT2D eigenvalue weighted by Crippen LogP contribution is 2.23. The van der Waals surface area contributed by atoms with Crippen molar-refractivity contribution < 1.29 is 14.3 Å². The van der Waals surface area contributed by atoms with Crippen molar-refractivity contribution in [2.24, 2.45) is 0 Å². The van der Waals surface area contributed by atoms with Crippen LogP contribution in [-0.2, 0) is 0 Å².